The minimum absolute atomic E-state index is 0.0646. The molecule has 2 N–H and O–H groups in total. The molecule has 1 aliphatic rings. The molecule has 3 aromatic rings. The first-order valence-electron chi connectivity index (χ1n) is 9.03. The molecule has 6 nitrogen and oxygen atoms in total. The maximum atomic E-state index is 12.9. The van der Waals surface area contributed by atoms with Crippen LogP contribution in [0.15, 0.2) is 54.7 Å². The Morgan fingerprint density at radius 2 is 1.89 bits per heavy atom. The Balaban J connectivity index is 1.78. The third-order valence-corrected chi connectivity index (χ3v) is 5.52. The van der Waals surface area contributed by atoms with Gasteiger partial charge < -0.3 is 5.11 Å². The van der Waals surface area contributed by atoms with E-state index in [2.05, 4.69) is 10.3 Å². The van der Waals surface area contributed by atoms with Crippen LogP contribution in [0.25, 0.3) is 10.8 Å². The van der Waals surface area contributed by atoms with Crippen molar-refractivity contribution in [1.82, 2.24) is 14.8 Å². The van der Waals surface area contributed by atoms with Crippen molar-refractivity contribution in [2.75, 3.05) is 13.1 Å². The number of quaternary nitrogens is 1. The number of hydrogen-bond donors (Lipinski definition) is 2. The van der Waals surface area contributed by atoms with Crippen LogP contribution in [0.5, 0.6) is 0 Å². The quantitative estimate of drug-likeness (QED) is 0.498. The van der Waals surface area contributed by atoms with Crippen LogP contribution in [0.4, 0.5) is 16.2 Å². The number of carbonyl (C=O) groups is 2. The van der Waals surface area contributed by atoms with Crippen molar-refractivity contribution < 1.29 is 14.7 Å². The van der Waals surface area contributed by atoms with Crippen LogP contribution in [0.3, 0.4) is 0 Å². The number of carbonyl (C=O) groups excluding carboxylic acids is 1. The third kappa shape index (κ3) is 3.10. The summed E-state index contributed by atoms with van der Waals surface area (Å²) >= 11 is 6.18. The molecule has 2 aromatic carbocycles. The predicted octanol–water partition coefficient (Wildman–Crippen LogP) is 4.27. The number of aryl methyl sites for hydroxylation is 1. The molecule has 1 fully saturated rings. The number of fused-ring (bicyclic) bond motifs is 1. The fourth-order valence-electron chi connectivity index (χ4n) is 3.74. The lowest BCUT2D eigenvalue weighted by Gasteiger charge is -2.29. The standard InChI is InChI=1S/C21H18ClN3O3/c22-20-18-7-6-17(13-15(18)9-10-23-20)25(12-11-24-21(25)28)16-4-1-14(2-5-16)3-8-19(26)27/h1-2,4-7,9-10,13H,3,8,11-12H2,(H-,24,26,27,28)/p+1. The number of halogens is 1. The van der Waals surface area contributed by atoms with E-state index in [0.29, 0.717) is 24.7 Å². The van der Waals surface area contributed by atoms with E-state index >= 15 is 0 Å². The Bertz CT molecular complexity index is 1070. The normalized spacial score (nSPS) is 19.0. The van der Waals surface area contributed by atoms with Gasteiger partial charge in [0.05, 0.1) is 6.54 Å². The highest BCUT2D eigenvalue weighted by Crippen LogP contribution is 2.39. The van der Waals surface area contributed by atoms with Gasteiger partial charge in [0.25, 0.3) is 0 Å². The van der Waals surface area contributed by atoms with Crippen LogP contribution in [0.2, 0.25) is 5.15 Å². The molecule has 2 amide bonds. The Kier molecular flexibility index (Phi) is 4.75. The molecule has 1 saturated heterocycles. The van der Waals surface area contributed by atoms with Crippen molar-refractivity contribution in [3.63, 3.8) is 0 Å². The highest BCUT2D eigenvalue weighted by atomic mass is 35.5. The van der Waals surface area contributed by atoms with Gasteiger partial charge in [-0.2, -0.15) is 4.48 Å². The number of aliphatic carboxylic acids is 1. The minimum Gasteiger partial charge on any atom is -0.481 e. The van der Waals surface area contributed by atoms with Crippen LogP contribution >= 0.6 is 11.6 Å². The monoisotopic (exact) mass is 396 g/mol. The first-order chi connectivity index (χ1) is 13.5. The predicted molar refractivity (Wildman–Crippen MR) is 109 cm³/mol. The molecule has 0 aliphatic carbocycles. The Morgan fingerprint density at radius 3 is 2.57 bits per heavy atom. The van der Waals surface area contributed by atoms with Crippen LogP contribution in [0.1, 0.15) is 12.0 Å². The zero-order valence-corrected chi connectivity index (χ0v) is 15.8. The van der Waals surface area contributed by atoms with Crippen molar-refractivity contribution >= 4 is 45.7 Å². The molecule has 4 rings (SSSR count). The second kappa shape index (κ2) is 7.22. The number of nitrogens with one attached hydrogen (secondary N) is 1. The number of aromatic nitrogens is 1. The molecule has 142 valence electrons. The van der Waals surface area contributed by atoms with E-state index in [0.717, 1.165) is 27.7 Å². The van der Waals surface area contributed by atoms with Gasteiger partial charge >= 0.3 is 12.0 Å². The van der Waals surface area contributed by atoms with E-state index in [4.69, 9.17) is 16.7 Å². The molecular formula is C21H19ClN3O3+. The van der Waals surface area contributed by atoms with Gasteiger partial charge in [0, 0.05) is 42.3 Å². The Labute approximate surface area is 167 Å². The molecule has 1 unspecified atom stereocenters. The molecule has 0 radical (unpaired) electrons. The first kappa shape index (κ1) is 18.4. The molecule has 1 atom stereocenters. The summed E-state index contributed by atoms with van der Waals surface area (Å²) in [6, 6.07) is 15.2. The summed E-state index contributed by atoms with van der Waals surface area (Å²) in [5.41, 5.74) is 2.62. The number of nitrogens with zero attached hydrogens (tertiary/aromatic N) is 2. The number of carboxylic acids is 1. The zero-order chi connectivity index (χ0) is 19.7. The van der Waals surface area contributed by atoms with E-state index in [1.54, 1.807) is 6.20 Å². The van der Waals surface area contributed by atoms with Crippen molar-refractivity contribution in [3.05, 3.63) is 65.4 Å². The smallest absolute Gasteiger partial charge is 0.427 e. The number of carboxylic acid groups (broad SMARTS) is 1. The van der Waals surface area contributed by atoms with Crippen LogP contribution < -0.4 is 9.80 Å². The van der Waals surface area contributed by atoms with Gasteiger partial charge in [-0.15, -0.1) is 0 Å². The fourth-order valence-corrected chi connectivity index (χ4v) is 3.97. The molecular weight excluding hydrogens is 378 g/mol. The van der Waals surface area contributed by atoms with Gasteiger partial charge in [-0.3, -0.25) is 10.1 Å². The average molecular weight is 397 g/mol. The molecule has 0 bridgehead atoms. The van der Waals surface area contributed by atoms with Gasteiger partial charge in [0.2, 0.25) is 0 Å². The molecule has 1 aromatic heterocycles. The fraction of sp³-hybridized carbons (Fsp3) is 0.190. The topological polar surface area (TPSA) is 79.3 Å². The summed E-state index contributed by atoms with van der Waals surface area (Å²) in [5, 5.41) is 14.0. The zero-order valence-electron chi connectivity index (χ0n) is 15.1. The van der Waals surface area contributed by atoms with E-state index < -0.39 is 5.97 Å². The molecule has 7 heteroatoms. The van der Waals surface area contributed by atoms with Crippen LogP contribution in [-0.2, 0) is 11.2 Å². The molecule has 1 aliphatic heterocycles. The van der Waals surface area contributed by atoms with Crippen LogP contribution in [-0.4, -0.2) is 35.2 Å². The number of benzene rings is 2. The summed E-state index contributed by atoms with van der Waals surface area (Å²) in [6.07, 6.45) is 2.20. The Morgan fingerprint density at radius 1 is 1.14 bits per heavy atom. The maximum absolute atomic E-state index is 12.9. The number of urea groups is 1. The second-order valence-electron chi connectivity index (χ2n) is 6.83. The molecule has 0 spiro atoms. The van der Waals surface area contributed by atoms with Gasteiger partial charge in [-0.25, -0.2) is 9.78 Å². The number of hydrogen-bond acceptors (Lipinski definition) is 3. The molecule has 2 heterocycles. The Hall–Kier alpha value is -2.96. The summed E-state index contributed by atoms with van der Waals surface area (Å²) in [6.45, 7) is 1.17. The van der Waals surface area contributed by atoms with Crippen molar-refractivity contribution in [3.8, 4) is 0 Å². The third-order valence-electron chi connectivity index (χ3n) is 5.21. The van der Waals surface area contributed by atoms with Gasteiger partial charge in [-0.05, 0) is 29.5 Å². The maximum Gasteiger partial charge on any atom is 0.427 e. The van der Waals surface area contributed by atoms with E-state index in [1.807, 2.05) is 48.5 Å². The van der Waals surface area contributed by atoms with Gasteiger partial charge in [0.15, 0.2) is 0 Å². The molecule has 0 saturated carbocycles. The highest BCUT2D eigenvalue weighted by Gasteiger charge is 2.46. The largest absolute Gasteiger partial charge is 0.481 e. The number of pyridine rings is 1. The minimum atomic E-state index is -0.823. The van der Waals surface area contributed by atoms with Crippen molar-refractivity contribution in [2.24, 2.45) is 0 Å². The summed E-state index contributed by atoms with van der Waals surface area (Å²) < 4.78 is 0.0646. The van der Waals surface area contributed by atoms with E-state index in [9.17, 15) is 9.59 Å². The van der Waals surface area contributed by atoms with Gasteiger partial charge in [-0.1, -0.05) is 23.7 Å². The van der Waals surface area contributed by atoms with E-state index in [-0.39, 0.29) is 16.9 Å². The second-order valence-corrected chi connectivity index (χ2v) is 7.19. The van der Waals surface area contributed by atoms with E-state index in [1.165, 1.54) is 0 Å². The average Bonchev–Trinajstić information content (AvgIpc) is 3.09. The van der Waals surface area contributed by atoms with Crippen molar-refractivity contribution in [1.29, 1.82) is 0 Å². The summed E-state index contributed by atoms with van der Waals surface area (Å²) in [7, 11) is 0. The molecule has 28 heavy (non-hydrogen) atoms. The summed E-state index contributed by atoms with van der Waals surface area (Å²) in [4.78, 5) is 27.8. The number of amides is 2. The van der Waals surface area contributed by atoms with Gasteiger partial charge in [0.1, 0.15) is 23.1 Å². The summed E-state index contributed by atoms with van der Waals surface area (Å²) in [5.74, 6) is -0.823. The number of rotatable bonds is 5. The lowest BCUT2D eigenvalue weighted by atomic mass is 10.1. The van der Waals surface area contributed by atoms with Crippen LogP contribution in [0, 0.1) is 0 Å². The first-order valence-corrected chi connectivity index (χ1v) is 9.41. The highest BCUT2D eigenvalue weighted by molar-refractivity contribution is 6.34. The van der Waals surface area contributed by atoms with Crippen molar-refractivity contribution in [2.45, 2.75) is 12.8 Å². The lowest BCUT2D eigenvalue weighted by molar-refractivity contribution is -0.136. The SMILES string of the molecule is O=C(O)CCc1ccc([N+]2(c3ccc4c(Cl)nccc4c3)CCNC2=O)cc1. The lowest BCUT2D eigenvalue weighted by Crippen LogP contribution is -2.47.